The maximum absolute atomic E-state index is 9.03. The quantitative estimate of drug-likeness (QED) is 0.652. The SMILES string of the molecule is C=CCN(CCO)Cc1ccoc1CNC1CC1. The fourth-order valence-electron chi connectivity index (χ4n) is 1.99. The normalized spacial score (nSPS) is 15.2. The van der Waals surface area contributed by atoms with E-state index in [0.29, 0.717) is 12.6 Å². The molecule has 0 amide bonds. The maximum Gasteiger partial charge on any atom is 0.122 e. The van der Waals surface area contributed by atoms with Crippen molar-refractivity contribution in [1.29, 1.82) is 0 Å². The Hall–Kier alpha value is -1.10. The average Bonchev–Trinajstić information content (AvgIpc) is 3.09. The van der Waals surface area contributed by atoms with Crippen LogP contribution in [0.4, 0.5) is 0 Å². The number of rotatable bonds is 9. The van der Waals surface area contributed by atoms with Crippen molar-refractivity contribution in [3.8, 4) is 0 Å². The summed E-state index contributed by atoms with van der Waals surface area (Å²) in [6.07, 6.45) is 6.16. The fourth-order valence-corrected chi connectivity index (χ4v) is 1.99. The zero-order valence-corrected chi connectivity index (χ0v) is 10.8. The van der Waals surface area contributed by atoms with Crippen LogP contribution in [0.3, 0.4) is 0 Å². The van der Waals surface area contributed by atoms with Crippen molar-refractivity contribution in [2.45, 2.75) is 32.0 Å². The van der Waals surface area contributed by atoms with Crippen LogP contribution in [-0.4, -0.2) is 35.7 Å². The Bertz CT molecular complexity index is 372. The minimum atomic E-state index is 0.168. The zero-order chi connectivity index (χ0) is 12.8. The largest absolute Gasteiger partial charge is 0.468 e. The lowest BCUT2D eigenvalue weighted by Gasteiger charge is -2.19. The summed E-state index contributed by atoms with van der Waals surface area (Å²) in [4.78, 5) is 2.15. The van der Waals surface area contributed by atoms with Gasteiger partial charge in [-0.25, -0.2) is 0 Å². The first kappa shape index (κ1) is 13.3. The summed E-state index contributed by atoms with van der Waals surface area (Å²) in [6.45, 7) is 6.95. The molecule has 0 bridgehead atoms. The highest BCUT2D eigenvalue weighted by atomic mass is 16.3. The number of nitrogens with zero attached hydrogens (tertiary/aromatic N) is 1. The van der Waals surface area contributed by atoms with Gasteiger partial charge in [0.1, 0.15) is 5.76 Å². The smallest absolute Gasteiger partial charge is 0.122 e. The lowest BCUT2D eigenvalue weighted by molar-refractivity contribution is 0.202. The van der Waals surface area contributed by atoms with E-state index in [1.165, 1.54) is 18.4 Å². The third kappa shape index (κ3) is 3.98. The van der Waals surface area contributed by atoms with Gasteiger partial charge in [0.15, 0.2) is 0 Å². The number of furan rings is 1. The molecule has 1 saturated carbocycles. The number of nitrogens with one attached hydrogen (secondary N) is 1. The Morgan fingerprint density at radius 1 is 1.56 bits per heavy atom. The van der Waals surface area contributed by atoms with E-state index < -0.39 is 0 Å². The maximum atomic E-state index is 9.03. The van der Waals surface area contributed by atoms with E-state index in [9.17, 15) is 0 Å². The van der Waals surface area contributed by atoms with Crippen LogP contribution in [0.15, 0.2) is 29.4 Å². The predicted molar refractivity (Wildman–Crippen MR) is 71.1 cm³/mol. The van der Waals surface area contributed by atoms with Gasteiger partial charge in [-0.05, 0) is 18.9 Å². The monoisotopic (exact) mass is 250 g/mol. The van der Waals surface area contributed by atoms with E-state index in [-0.39, 0.29) is 6.61 Å². The zero-order valence-electron chi connectivity index (χ0n) is 10.8. The van der Waals surface area contributed by atoms with Crippen LogP contribution in [0, 0.1) is 0 Å². The van der Waals surface area contributed by atoms with Crippen LogP contribution >= 0.6 is 0 Å². The average molecular weight is 250 g/mol. The van der Waals surface area contributed by atoms with E-state index in [4.69, 9.17) is 9.52 Å². The molecule has 18 heavy (non-hydrogen) atoms. The first-order valence-electron chi connectivity index (χ1n) is 6.56. The lowest BCUT2D eigenvalue weighted by atomic mass is 10.2. The summed E-state index contributed by atoms with van der Waals surface area (Å²) in [5.41, 5.74) is 1.19. The molecule has 0 aliphatic heterocycles. The first-order chi connectivity index (χ1) is 8.83. The van der Waals surface area contributed by atoms with Gasteiger partial charge < -0.3 is 14.8 Å². The molecule has 0 saturated heterocycles. The first-order valence-corrected chi connectivity index (χ1v) is 6.56. The van der Waals surface area contributed by atoms with Gasteiger partial charge in [-0.3, -0.25) is 4.90 Å². The molecule has 1 fully saturated rings. The molecule has 0 radical (unpaired) electrons. The van der Waals surface area contributed by atoms with Crippen LogP contribution < -0.4 is 5.32 Å². The predicted octanol–water partition coefficient (Wildman–Crippen LogP) is 1.51. The molecule has 1 aromatic rings. The van der Waals surface area contributed by atoms with Crippen LogP contribution in [0.1, 0.15) is 24.2 Å². The highest BCUT2D eigenvalue weighted by molar-refractivity contribution is 5.17. The summed E-state index contributed by atoms with van der Waals surface area (Å²) < 4.78 is 5.52. The summed E-state index contributed by atoms with van der Waals surface area (Å²) >= 11 is 0. The highest BCUT2D eigenvalue weighted by Crippen LogP contribution is 2.20. The molecule has 4 nitrogen and oxygen atoms in total. The molecule has 0 unspecified atom stereocenters. The van der Waals surface area contributed by atoms with Crippen molar-refractivity contribution >= 4 is 0 Å². The van der Waals surface area contributed by atoms with E-state index in [1.54, 1.807) is 6.26 Å². The van der Waals surface area contributed by atoms with Gasteiger partial charge >= 0.3 is 0 Å². The van der Waals surface area contributed by atoms with Crippen LogP contribution in [0.5, 0.6) is 0 Å². The van der Waals surface area contributed by atoms with Gasteiger partial charge in [0, 0.05) is 31.2 Å². The second-order valence-corrected chi connectivity index (χ2v) is 4.77. The molecule has 100 valence electrons. The Balaban J connectivity index is 1.89. The topological polar surface area (TPSA) is 48.6 Å². The number of aliphatic hydroxyl groups is 1. The van der Waals surface area contributed by atoms with Gasteiger partial charge in [-0.1, -0.05) is 6.08 Å². The highest BCUT2D eigenvalue weighted by Gasteiger charge is 2.21. The second kappa shape index (κ2) is 6.73. The Labute approximate surface area is 108 Å². The number of aliphatic hydroxyl groups excluding tert-OH is 1. The molecule has 0 aromatic carbocycles. The van der Waals surface area contributed by atoms with E-state index >= 15 is 0 Å². The van der Waals surface area contributed by atoms with E-state index in [2.05, 4.69) is 16.8 Å². The molecule has 4 heteroatoms. The lowest BCUT2D eigenvalue weighted by Crippen LogP contribution is -2.27. The van der Waals surface area contributed by atoms with Crippen LogP contribution in [0.25, 0.3) is 0 Å². The second-order valence-electron chi connectivity index (χ2n) is 4.77. The number of hydrogen-bond donors (Lipinski definition) is 2. The summed E-state index contributed by atoms with van der Waals surface area (Å²) in [6, 6.07) is 2.70. The Kier molecular flexibility index (Phi) is 4.99. The molecular formula is C14H22N2O2. The van der Waals surface area contributed by atoms with Gasteiger partial charge in [0.2, 0.25) is 0 Å². The minimum absolute atomic E-state index is 0.168. The Morgan fingerprint density at radius 2 is 2.39 bits per heavy atom. The molecule has 1 aliphatic rings. The van der Waals surface area contributed by atoms with Crippen molar-refractivity contribution in [3.05, 3.63) is 36.3 Å². The molecule has 0 atom stereocenters. The van der Waals surface area contributed by atoms with Gasteiger partial charge in [-0.2, -0.15) is 0 Å². The summed E-state index contributed by atoms with van der Waals surface area (Å²) in [7, 11) is 0. The van der Waals surface area contributed by atoms with Crippen molar-refractivity contribution in [1.82, 2.24) is 10.2 Å². The standard InChI is InChI=1S/C14H22N2O2/c1-2-6-16(7-8-17)11-12-5-9-18-14(12)10-15-13-3-4-13/h2,5,9,13,15,17H,1,3-4,6-8,10-11H2. The van der Waals surface area contributed by atoms with Gasteiger partial charge in [-0.15, -0.1) is 6.58 Å². The molecule has 0 spiro atoms. The van der Waals surface area contributed by atoms with Gasteiger partial charge in [0.05, 0.1) is 19.4 Å². The van der Waals surface area contributed by atoms with Crippen LogP contribution in [0.2, 0.25) is 0 Å². The molecule has 2 rings (SSSR count). The van der Waals surface area contributed by atoms with Gasteiger partial charge in [0.25, 0.3) is 0 Å². The molecule has 1 heterocycles. The van der Waals surface area contributed by atoms with E-state index in [0.717, 1.165) is 25.4 Å². The van der Waals surface area contributed by atoms with E-state index in [1.807, 2.05) is 12.1 Å². The van der Waals surface area contributed by atoms with Crippen molar-refractivity contribution in [2.24, 2.45) is 0 Å². The molecule has 1 aromatic heterocycles. The fraction of sp³-hybridized carbons (Fsp3) is 0.571. The molecule has 1 aliphatic carbocycles. The minimum Gasteiger partial charge on any atom is -0.468 e. The third-order valence-corrected chi connectivity index (χ3v) is 3.16. The van der Waals surface area contributed by atoms with Crippen molar-refractivity contribution in [2.75, 3.05) is 19.7 Å². The van der Waals surface area contributed by atoms with Crippen molar-refractivity contribution < 1.29 is 9.52 Å². The third-order valence-electron chi connectivity index (χ3n) is 3.16. The molecule has 2 N–H and O–H groups in total. The number of hydrogen-bond acceptors (Lipinski definition) is 4. The van der Waals surface area contributed by atoms with Crippen molar-refractivity contribution in [3.63, 3.8) is 0 Å². The van der Waals surface area contributed by atoms with Crippen LogP contribution in [-0.2, 0) is 13.1 Å². The summed E-state index contributed by atoms with van der Waals surface area (Å²) in [5, 5.41) is 12.5. The molecular weight excluding hydrogens is 228 g/mol. The summed E-state index contributed by atoms with van der Waals surface area (Å²) in [5.74, 6) is 1.01. The Morgan fingerprint density at radius 3 is 3.06 bits per heavy atom.